The van der Waals surface area contributed by atoms with Gasteiger partial charge in [-0.05, 0) is 65.5 Å². The van der Waals surface area contributed by atoms with Crippen molar-refractivity contribution < 1.29 is 9.47 Å². The third-order valence-electron chi connectivity index (χ3n) is 4.98. The number of aromatic nitrogens is 2. The number of ether oxygens (including phenoxy) is 2. The first-order chi connectivity index (χ1) is 14.3. The van der Waals surface area contributed by atoms with Gasteiger partial charge in [0.25, 0.3) is 0 Å². The number of aryl methyl sites for hydroxylation is 2. The third-order valence-corrected chi connectivity index (χ3v) is 4.98. The van der Waals surface area contributed by atoms with Crippen LogP contribution in [0.15, 0.2) is 18.2 Å². The fourth-order valence-corrected chi connectivity index (χ4v) is 3.41. The van der Waals surface area contributed by atoms with E-state index in [4.69, 9.17) is 19.4 Å². The van der Waals surface area contributed by atoms with Gasteiger partial charge in [-0.2, -0.15) is 0 Å². The second-order valence-corrected chi connectivity index (χ2v) is 8.17. The van der Waals surface area contributed by atoms with E-state index >= 15 is 0 Å². The highest BCUT2D eigenvalue weighted by Crippen LogP contribution is 2.36. The van der Waals surface area contributed by atoms with E-state index in [2.05, 4.69) is 33.0 Å². The molecule has 1 aromatic carbocycles. The fraction of sp³-hybridized carbons (Fsp3) is 0.600. The maximum absolute atomic E-state index is 6.16. The van der Waals surface area contributed by atoms with Gasteiger partial charge in [-0.15, -0.1) is 0 Å². The maximum atomic E-state index is 6.16. The average molecular weight is 414 g/mol. The molecule has 0 radical (unpaired) electrons. The summed E-state index contributed by atoms with van der Waals surface area (Å²) in [7, 11) is 0. The molecule has 0 atom stereocenters. The minimum atomic E-state index is 0.0533. The Labute approximate surface area is 182 Å². The molecule has 0 amide bonds. The van der Waals surface area contributed by atoms with Crippen LogP contribution in [0.4, 0.5) is 5.82 Å². The largest absolute Gasteiger partial charge is 0.491 e. The molecule has 0 bridgehead atoms. The number of hydrogen-bond acceptors (Lipinski definition) is 5. The fourth-order valence-electron chi connectivity index (χ4n) is 3.41. The Morgan fingerprint density at radius 2 is 1.47 bits per heavy atom. The molecule has 30 heavy (non-hydrogen) atoms. The summed E-state index contributed by atoms with van der Waals surface area (Å²) in [5, 5.41) is 3.60. The lowest BCUT2D eigenvalue weighted by Gasteiger charge is -2.21. The van der Waals surface area contributed by atoms with E-state index in [1.165, 1.54) is 0 Å². The number of nitrogens with zero attached hydrogens (tertiary/aromatic N) is 2. The molecule has 0 aliphatic heterocycles. The number of benzene rings is 1. The van der Waals surface area contributed by atoms with Crippen LogP contribution in [0.1, 0.15) is 79.6 Å². The van der Waals surface area contributed by atoms with Gasteiger partial charge in [-0.1, -0.05) is 27.7 Å². The molecule has 0 saturated heterocycles. The summed E-state index contributed by atoms with van der Waals surface area (Å²) in [6.07, 6.45) is 3.91. The van der Waals surface area contributed by atoms with Crippen molar-refractivity contribution in [3.63, 3.8) is 0 Å². The molecule has 1 N–H and O–H groups in total. The molecule has 0 unspecified atom stereocenters. The van der Waals surface area contributed by atoms with E-state index in [9.17, 15) is 0 Å². The Balaban J connectivity index is 2.58. The topological polar surface area (TPSA) is 56.3 Å². The number of anilines is 1. The molecule has 1 heterocycles. The monoisotopic (exact) mass is 413 g/mol. The molecular weight excluding hydrogens is 374 g/mol. The quantitative estimate of drug-likeness (QED) is 0.459. The van der Waals surface area contributed by atoms with Crippen molar-refractivity contribution in [1.82, 2.24) is 9.97 Å². The van der Waals surface area contributed by atoms with Crippen molar-refractivity contribution in [2.45, 2.75) is 99.3 Å². The summed E-state index contributed by atoms with van der Waals surface area (Å²) in [5.74, 6) is 2.51. The molecule has 0 fully saturated rings. The van der Waals surface area contributed by atoms with Gasteiger partial charge < -0.3 is 14.8 Å². The number of nitrogens with one attached hydrogen (secondary N) is 1. The Hall–Kier alpha value is -2.30. The average Bonchev–Trinajstić information content (AvgIpc) is 2.71. The zero-order valence-electron chi connectivity index (χ0n) is 20.0. The van der Waals surface area contributed by atoms with Gasteiger partial charge >= 0.3 is 0 Å². The van der Waals surface area contributed by atoms with Crippen molar-refractivity contribution in [2.24, 2.45) is 0 Å². The van der Waals surface area contributed by atoms with Gasteiger partial charge in [-0.3, -0.25) is 0 Å². The van der Waals surface area contributed by atoms with Gasteiger partial charge in [0, 0.05) is 17.7 Å². The van der Waals surface area contributed by atoms with Crippen LogP contribution >= 0.6 is 0 Å². The smallest absolute Gasteiger partial charge is 0.148 e. The Morgan fingerprint density at radius 3 is 2.00 bits per heavy atom. The normalized spacial score (nSPS) is 11.4. The number of hydrogen-bond donors (Lipinski definition) is 1. The van der Waals surface area contributed by atoms with Gasteiger partial charge in [0.15, 0.2) is 0 Å². The minimum Gasteiger partial charge on any atom is -0.491 e. The molecule has 2 aromatic rings. The highest BCUT2D eigenvalue weighted by atomic mass is 16.5. The molecule has 5 heteroatoms. The summed E-state index contributed by atoms with van der Waals surface area (Å²) in [6.45, 7) is 16.8. The van der Waals surface area contributed by atoms with Crippen molar-refractivity contribution in [3.05, 3.63) is 29.6 Å². The summed E-state index contributed by atoms with van der Waals surface area (Å²) in [6, 6.07) is 6.42. The van der Waals surface area contributed by atoms with E-state index in [-0.39, 0.29) is 12.2 Å². The predicted octanol–water partition coefficient (Wildman–Crippen LogP) is 6.44. The molecule has 0 aliphatic carbocycles. The molecule has 0 saturated carbocycles. The van der Waals surface area contributed by atoms with E-state index in [1.54, 1.807) is 0 Å². The van der Waals surface area contributed by atoms with E-state index in [1.807, 2.05) is 45.9 Å². The summed E-state index contributed by atoms with van der Waals surface area (Å²) in [5.41, 5.74) is 3.84. The Morgan fingerprint density at radius 1 is 0.833 bits per heavy atom. The Bertz CT molecular complexity index is 814. The molecular formula is C25H39N3O2. The molecule has 0 spiro atoms. The van der Waals surface area contributed by atoms with Crippen molar-refractivity contribution in [1.29, 1.82) is 0 Å². The van der Waals surface area contributed by atoms with Gasteiger partial charge in [0.1, 0.15) is 17.3 Å². The SMILES string of the molecule is CCc1nc(-c2ccc(OC(C)C)cc2OC(C)C)c(CC)nc1NC(CC)CC. The lowest BCUT2D eigenvalue weighted by Crippen LogP contribution is -2.20. The van der Waals surface area contributed by atoms with E-state index in [0.29, 0.717) is 6.04 Å². The first-order valence-corrected chi connectivity index (χ1v) is 11.5. The summed E-state index contributed by atoms with van der Waals surface area (Å²) in [4.78, 5) is 10.1. The van der Waals surface area contributed by atoms with Crippen molar-refractivity contribution >= 4 is 5.82 Å². The van der Waals surface area contributed by atoms with Gasteiger partial charge in [0.05, 0.1) is 29.3 Å². The molecule has 1 aromatic heterocycles. The molecule has 0 aliphatic rings. The second kappa shape index (κ2) is 11.2. The third kappa shape index (κ3) is 6.10. The Kier molecular flexibility index (Phi) is 8.94. The van der Waals surface area contributed by atoms with Crippen LogP contribution in [0.2, 0.25) is 0 Å². The number of rotatable bonds is 11. The zero-order chi connectivity index (χ0) is 22.3. The standard InChI is InChI=1S/C25H39N3O2/c1-9-18(10-2)26-25-22(12-4)27-24(21(11-3)28-25)20-14-13-19(29-16(5)6)15-23(20)30-17(7)8/h13-18H,9-12H2,1-8H3,(H,26,28). The van der Waals surface area contributed by atoms with Crippen LogP contribution in [0, 0.1) is 0 Å². The van der Waals surface area contributed by atoms with Crippen LogP contribution in [0.25, 0.3) is 11.3 Å². The zero-order valence-corrected chi connectivity index (χ0v) is 20.0. The molecule has 5 nitrogen and oxygen atoms in total. The molecule has 2 rings (SSSR count). The van der Waals surface area contributed by atoms with Crippen molar-refractivity contribution in [2.75, 3.05) is 5.32 Å². The summed E-state index contributed by atoms with van der Waals surface area (Å²) < 4.78 is 12.1. The predicted molar refractivity (Wildman–Crippen MR) is 126 cm³/mol. The first kappa shape index (κ1) is 24.0. The highest BCUT2D eigenvalue weighted by Gasteiger charge is 2.19. The minimum absolute atomic E-state index is 0.0533. The van der Waals surface area contributed by atoms with Gasteiger partial charge in [-0.25, -0.2) is 9.97 Å². The van der Waals surface area contributed by atoms with Crippen LogP contribution in [0.5, 0.6) is 11.5 Å². The van der Waals surface area contributed by atoms with E-state index < -0.39 is 0 Å². The molecule has 166 valence electrons. The lowest BCUT2D eigenvalue weighted by atomic mass is 10.1. The van der Waals surface area contributed by atoms with Gasteiger partial charge in [0.2, 0.25) is 0 Å². The van der Waals surface area contributed by atoms with Crippen LogP contribution in [-0.2, 0) is 12.8 Å². The van der Waals surface area contributed by atoms with E-state index in [0.717, 1.165) is 65.6 Å². The first-order valence-electron chi connectivity index (χ1n) is 11.5. The highest BCUT2D eigenvalue weighted by molar-refractivity contribution is 5.71. The lowest BCUT2D eigenvalue weighted by molar-refractivity contribution is 0.230. The van der Waals surface area contributed by atoms with Crippen LogP contribution in [0.3, 0.4) is 0 Å². The second-order valence-electron chi connectivity index (χ2n) is 8.17. The summed E-state index contributed by atoms with van der Waals surface area (Å²) >= 11 is 0. The van der Waals surface area contributed by atoms with Crippen molar-refractivity contribution in [3.8, 4) is 22.8 Å². The van der Waals surface area contributed by atoms with Crippen LogP contribution in [-0.4, -0.2) is 28.2 Å². The maximum Gasteiger partial charge on any atom is 0.148 e. The van der Waals surface area contributed by atoms with Crippen LogP contribution < -0.4 is 14.8 Å².